The summed E-state index contributed by atoms with van der Waals surface area (Å²) in [5.74, 6) is -0.764. The highest BCUT2D eigenvalue weighted by molar-refractivity contribution is 5.94. The van der Waals surface area contributed by atoms with Gasteiger partial charge in [0.15, 0.2) is 0 Å². The molecule has 0 radical (unpaired) electrons. The maximum atomic E-state index is 12.6. The second-order valence-corrected chi connectivity index (χ2v) is 5.48. The predicted octanol–water partition coefficient (Wildman–Crippen LogP) is 0.491. The van der Waals surface area contributed by atoms with Crippen molar-refractivity contribution in [3.05, 3.63) is 18.0 Å². The van der Waals surface area contributed by atoms with Crippen LogP contribution in [0.25, 0.3) is 0 Å². The first kappa shape index (κ1) is 20.4. The van der Waals surface area contributed by atoms with E-state index in [9.17, 15) is 9.59 Å². The number of piperidine rings is 1. The topological polar surface area (TPSA) is 85.7 Å². The normalized spacial score (nSPS) is 17.0. The molecular formula is C15H25ClN4O4. The molecule has 0 aromatic carbocycles. The number of halogens is 1. The average molecular weight is 361 g/mol. The minimum Gasteiger partial charge on any atom is -0.468 e. The lowest BCUT2D eigenvalue weighted by molar-refractivity contribution is -0.141. The Morgan fingerprint density at radius 2 is 2.25 bits per heavy atom. The Kier molecular flexibility index (Phi) is 8.73. The molecule has 1 fully saturated rings. The Morgan fingerprint density at radius 3 is 2.88 bits per heavy atom. The van der Waals surface area contributed by atoms with Gasteiger partial charge in [-0.25, -0.2) is 0 Å². The van der Waals surface area contributed by atoms with Crippen LogP contribution in [-0.4, -0.2) is 73.6 Å². The molecule has 8 nitrogen and oxygen atoms in total. The summed E-state index contributed by atoms with van der Waals surface area (Å²) < 4.78 is 11.5. The van der Waals surface area contributed by atoms with Gasteiger partial charge >= 0.3 is 5.97 Å². The van der Waals surface area contributed by atoms with E-state index in [1.54, 1.807) is 13.2 Å². The van der Waals surface area contributed by atoms with Crippen LogP contribution < -0.4 is 5.32 Å². The number of aromatic nitrogens is 2. The minimum absolute atomic E-state index is 0. The van der Waals surface area contributed by atoms with Gasteiger partial charge in [0.1, 0.15) is 12.2 Å². The zero-order chi connectivity index (χ0) is 16.7. The van der Waals surface area contributed by atoms with E-state index in [0.717, 1.165) is 25.9 Å². The Morgan fingerprint density at radius 1 is 1.46 bits per heavy atom. The molecule has 1 atom stereocenters. The van der Waals surface area contributed by atoms with Crippen LogP contribution in [0.15, 0.2) is 12.3 Å². The van der Waals surface area contributed by atoms with Crippen LogP contribution in [0.2, 0.25) is 0 Å². The summed E-state index contributed by atoms with van der Waals surface area (Å²) in [6.45, 7) is 2.41. The molecule has 9 heteroatoms. The van der Waals surface area contributed by atoms with Gasteiger partial charge in [0.2, 0.25) is 0 Å². The molecule has 24 heavy (non-hydrogen) atoms. The number of nitrogens with zero attached hydrogens (tertiary/aromatic N) is 3. The van der Waals surface area contributed by atoms with Crippen LogP contribution in [0.1, 0.15) is 29.4 Å². The smallest absolute Gasteiger partial charge is 0.325 e. The quantitative estimate of drug-likeness (QED) is 0.712. The van der Waals surface area contributed by atoms with Crippen molar-refractivity contribution in [2.45, 2.75) is 18.9 Å². The third-order valence-electron chi connectivity index (χ3n) is 3.87. The average Bonchev–Trinajstić information content (AvgIpc) is 3.08. The van der Waals surface area contributed by atoms with Gasteiger partial charge in [0.05, 0.1) is 19.8 Å². The molecule has 1 N–H and O–H groups in total. The second kappa shape index (κ2) is 10.3. The number of hydrogen-bond acceptors (Lipinski definition) is 6. The first-order valence-corrected chi connectivity index (χ1v) is 7.76. The molecular weight excluding hydrogens is 336 g/mol. The van der Waals surface area contributed by atoms with Gasteiger partial charge in [-0.05, 0) is 25.5 Å². The minimum atomic E-state index is -0.467. The highest BCUT2D eigenvalue weighted by Gasteiger charge is 2.23. The Bertz CT molecular complexity index is 531. The van der Waals surface area contributed by atoms with Crippen molar-refractivity contribution in [2.75, 3.05) is 47.0 Å². The number of nitrogens with one attached hydrogen (secondary N) is 1. The Balaban J connectivity index is 0.00000288. The third-order valence-corrected chi connectivity index (χ3v) is 3.87. The van der Waals surface area contributed by atoms with Gasteiger partial charge in [0, 0.05) is 26.4 Å². The van der Waals surface area contributed by atoms with Crippen molar-refractivity contribution in [3.8, 4) is 0 Å². The number of esters is 1. The van der Waals surface area contributed by atoms with E-state index < -0.39 is 5.97 Å². The molecule has 1 aliphatic rings. The summed E-state index contributed by atoms with van der Waals surface area (Å²) in [6.07, 6.45) is 3.95. The molecule has 0 bridgehead atoms. The molecule has 2 rings (SSSR count). The van der Waals surface area contributed by atoms with Gasteiger partial charge in [-0.15, -0.1) is 12.4 Å². The molecule has 0 saturated carbocycles. The lowest BCUT2D eigenvalue weighted by atomic mass is 10.1. The number of hydrogen-bond donors (Lipinski definition) is 1. The van der Waals surface area contributed by atoms with Crippen LogP contribution in [-0.2, 0) is 14.3 Å². The SMILES string of the molecule is COCCN(CC(=O)OC)C(=O)c1ccn(C2CCCNC2)n1.Cl. The van der Waals surface area contributed by atoms with Crippen LogP contribution >= 0.6 is 12.4 Å². The maximum absolute atomic E-state index is 12.6. The molecule has 1 amide bonds. The van der Waals surface area contributed by atoms with Gasteiger partial charge < -0.3 is 19.7 Å². The summed E-state index contributed by atoms with van der Waals surface area (Å²) in [4.78, 5) is 25.4. The molecule has 1 saturated heterocycles. The number of carbonyl (C=O) groups excluding carboxylic acids is 2. The van der Waals surface area contributed by atoms with E-state index in [2.05, 4.69) is 15.2 Å². The van der Waals surface area contributed by atoms with Crippen LogP contribution in [0.5, 0.6) is 0 Å². The van der Waals surface area contributed by atoms with E-state index in [0.29, 0.717) is 18.8 Å². The van der Waals surface area contributed by atoms with Crippen molar-refractivity contribution in [1.29, 1.82) is 0 Å². The molecule has 1 aromatic rings. The van der Waals surface area contributed by atoms with Crippen LogP contribution in [0.3, 0.4) is 0 Å². The highest BCUT2D eigenvalue weighted by Crippen LogP contribution is 2.16. The van der Waals surface area contributed by atoms with Crippen LogP contribution in [0, 0.1) is 0 Å². The highest BCUT2D eigenvalue weighted by atomic mass is 35.5. The molecule has 0 spiro atoms. The monoisotopic (exact) mass is 360 g/mol. The summed E-state index contributed by atoms with van der Waals surface area (Å²) in [6, 6.07) is 1.95. The zero-order valence-corrected chi connectivity index (χ0v) is 14.9. The zero-order valence-electron chi connectivity index (χ0n) is 14.1. The molecule has 136 valence electrons. The number of amides is 1. The largest absolute Gasteiger partial charge is 0.468 e. The van der Waals surface area contributed by atoms with Gasteiger partial charge in [-0.1, -0.05) is 0 Å². The summed E-state index contributed by atoms with van der Waals surface area (Å²) in [5.41, 5.74) is 0.329. The second-order valence-electron chi connectivity index (χ2n) is 5.48. The van der Waals surface area contributed by atoms with Gasteiger partial charge in [0.25, 0.3) is 5.91 Å². The van der Waals surface area contributed by atoms with Crippen molar-refractivity contribution in [1.82, 2.24) is 20.0 Å². The lowest BCUT2D eigenvalue weighted by Gasteiger charge is -2.23. The van der Waals surface area contributed by atoms with Crippen molar-refractivity contribution < 1.29 is 19.1 Å². The fraction of sp³-hybridized carbons (Fsp3) is 0.667. The number of methoxy groups -OCH3 is 2. The van der Waals surface area contributed by atoms with E-state index in [-0.39, 0.29) is 30.9 Å². The molecule has 0 aliphatic carbocycles. The number of carbonyl (C=O) groups is 2. The third kappa shape index (κ3) is 5.47. The Hall–Kier alpha value is -1.64. The van der Waals surface area contributed by atoms with Gasteiger partial charge in [-0.3, -0.25) is 14.3 Å². The van der Waals surface area contributed by atoms with E-state index in [1.165, 1.54) is 12.0 Å². The standard InChI is InChI=1S/C15H24N4O4.ClH/c1-22-9-8-18(11-14(20)23-2)15(21)13-5-7-19(17-13)12-4-3-6-16-10-12;/h5,7,12,16H,3-4,6,8-11H2,1-2H3;1H. The molecule has 2 heterocycles. The van der Waals surface area contributed by atoms with E-state index in [1.807, 2.05) is 10.9 Å². The molecule has 1 unspecified atom stereocenters. The van der Waals surface area contributed by atoms with E-state index in [4.69, 9.17) is 4.74 Å². The van der Waals surface area contributed by atoms with Gasteiger partial charge in [-0.2, -0.15) is 5.10 Å². The molecule has 1 aromatic heterocycles. The number of rotatable bonds is 7. The first-order valence-electron chi connectivity index (χ1n) is 7.76. The maximum Gasteiger partial charge on any atom is 0.325 e. The fourth-order valence-corrected chi connectivity index (χ4v) is 2.55. The lowest BCUT2D eigenvalue weighted by Crippen LogP contribution is -2.39. The summed E-state index contributed by atoms with van der Waals surface area (Å²) >= 11 is 0. The van der Waals surface area contributed by atoms with E-state index >= 15 is 0 Å². The van der Waals surface area contributed by atoms with Crippen LogP contribution in [0.4, 0.5) is 0 Å². The Labute approximate surface area is 147 Å². The van der Waals surface area contributed by atoms with Crippen molar-refractivity contribution in [2.24, 2.45) is 0 Å². The summed E-state index contributed by atoms with van der Waals surface area (Å²) in [7, 11) is 2.84. The molecule has 1 aliphatic heterocycles. The first-order chi connectivity index (χ1) is 11.2. The summed E-state index contributed by atoms with van der Waals surface area (Å²) in [5, 5.41) is 7.71. The fourth-order valence-electron chi connectivity index (χ4n) is 2.55. The van der Waals surface area contributed by atoms with Crippen molar-refractivity contribution >= 4 is 24.3 Å². The predicted molar refractivity (Wildman–Crippen MR) is 90.4 cm³/mol. The number of ether oxygens (including phenoxy) is 2. The van der Waals surface area contributed by atoms with Crippen molar-refractivity contribution in [3.63, 3.8) is 0 Å².